The molecule has 0 aliphatic heterocycles. The van der Waals surface area contributed by atoms with Crippen LogP contribution in [0.2, 0.25) is 5.02 Å². The molecule has 19 heavy (non-hydrogen) atoms. The molecule has 0 unspecified atom stereocenters. The van der Waals surface area contributed by atoms with Gasteiger partial charge in [-0.3, -0.25) is 0 Å². The molecule has 0 aliphatic rings. The number of nitrogens with one attached hydrogen (secondary N) is 1. The summed E-state index contributed by atoms with van der Waals surface area (Å²) < 4.78 is 5.54. The Kier molecular flexibility index (Phi) is 3.97. The lowest BCUT2D eigenvalue weighted by Crippen LogP contribution is -2.35. The molecule has 102 valence electrons. The zero-order chi connectivity index (χ0) is 14.0. The first kappa shape index (κ1) is 14.1. The van der Waals surface area contributed by atoms with Crippen molar-refractivity contribution in [2.45, 2.75) is 39.8 Å². The van der Waals surface area contributed by atoms with Gasteiger partial charge in [-0.05, 0) is 45.4 Å². The molecule has 1 aromatic carbocycles. The van der Waals surface area contributed by atoms with Crippen molar-refractivity contribution in [2.24, 2.45) is 0 Å². The minimum absolute atomic E-state index is 0.0606. The Morgan fingerprint density at radius 2 is 2.05 bits per heavy atom. The Hall–Kier alpha value is -1.32. The van der Waals surface area contributed by atoms with Gasteiger partial charge in [0.25, 0.3) is 0 Å². The molecule has 2 rings (SSSR count). The maximum atomic E-state index is 6.11. The van der Waals surface area contributed by atoms with Gasteiger partial charge in [-0.25, -0.2) is 4.98 Å². The van der Waals surface area contributed by atoms with E-state index in [-0.39, 0.29) is 5.54 Å². The fourth-order valence-corrected chi connectivity index (χ4v) is 1.88. The normalized spacial score (nSPS) is 11.8. The molecule has 3 nitrogen and oxygen atoms in total. The van der Waals surface area contributed by atoms with E-state index in [2.05, 4.69) is 31.1 Å². The average molecular weight is 279 g/mol. The van der Waals surface area contributed by atoms with Gasteiger partial charge >= 0.3 is 0 Å². The van der Waals surface area contributed by atoms with Crippen LogP contribution in [-0.4, -0.2) is 10.5 Å². The van der Waals surface area contributed by atoms with Gasteiger partial charge in [-0.15, -0.1) is 0 Å². The van der Waals surface area contributed by atoms with Crippen LogP contribution in [0, 0.1) is 6.92 Å². The second kappa shape index (κ2) is 5.35. The summed E-state index contributed by atoms with van der Waals surface area (Å²) in [6.07, 6.45) is 1.69. The molecule has 0 saturated carbocycles. The molecule has 0 bridgehead atoms. The Labute approximate surface area is 119 Å². The lowest BCUT2D eigenvalue weighted by molar-refractivity contribution is 0.421. The van der Waals surface area contributed by atoms with Crippen LogP contribution in [0.4, 0.5) is 0 Å². The number of halogens is 1. The first-order chi connectivity index (χ1) is 8.87. The third-order valence-corrected chi connectivity index (χ3v) is 3.26. The molecule has 1 heterocycles. The SMILES string of the molecule is Cc1c(Cl)cccc1-c1nc(CNC(C)(C)C)co1. The Balaban J connectivity index is 2.19. The van der Waals surface area contributed by atoms with Crippen molar-refractivity contribution in [3.63, 3.8) is 0 Å². The average Bonchev–Trinajstić information content (AvgIpc) is 2.78. The zero-order valence-corrected chi connectivity index (χ0v) is 12.5. The highest BCUT2D eigenvalue weighted by Crippen LogP contribution is 2.27. The topological polar surface area (TPSA) is 38.1 Å². The van der Waals surface area contributed by atoms with Gasteiger partial charge < -0.3 is 9.73 Å². The number of oxazole rings is 1. The number of hydrogen-bond donors (Lipinski definition) is 1. The molecule has 0 fully saturated rings. The van der Waals surface area contributed by atoms with Crippen LogP contribution >= 0.6 is 11.6 Å². The van der Waals surface area contributed by atoms with Crippen LogP contribution in [0.3, 0.4) is 0 Å². The summed E-state index contributed by atoms with van der Waals surface area (Å²) in [5, 5.41) is 4.11. The van der Waals surface area contributed by atoms with Crippen LogP contribution in [0.25, 0.3) is 11.5 Å². The molecule has 0 amide bonds. The van der Waals surface area contributed by atoms with E-state index in [1.165, 1.54) is 0 Å². The minimum atomic E-state index is 0.0606. The van der Waals surface area contributed by atoms with Gasteiger partial charge in [0.2, 0.25) is 5.89 Å². The third-order valence-electron chi connectivity index (χ3n) is 2.85. The number of benzene rings is 1. The first-order valence-electron chi connectivity index (χ1n) is 6.32. The van der Waals surface area contributed by atoms with Gasteiger partial charge in [0, 0.05) is 22.7 Å². The summed E-state index contributed by atoms with van der Waals surface area (Å²) in [5.41, 5.74) is 2.88. The quantitative estimate of drug-likeness (QED) is 0.915. The van der Waals surface area contributed by atoms with Crippen molar-refractivity contribution < 1.29 is 4.42 Å². The third kappa shape index (κ3) is 3.58. The van der Waals surface area contributed by atoms with Crippen molar-refractivity contribution >= 4 is 11.6 Å². The monoisotopic (exact) mass is 278 g/mol. The van der Waals surface area contributed by atoms with E-state index in [0.717, 1.165) is 21.8 Å². The summed E-state index contributed by atoms with van der Waals surface area (Å²) in [7, 11) is 0. The Morgan fingerprint density at radius 3 is 2.74 bits per heavy atom. The molecular weight excluding hydrogens is 260 g/mol. The number of aromatic nitrogens is 1. The summed E-state index contributed by atoms with van der Waals surface area (Å²) in [5.74, 6) is 0.616. The van der Waals surface area contributed by atoms with E-state index in [1.54, 1.807) is 6.26 Å². The van der Waals surface area contributed by atoms with Crippen LogP contribution in [-0.2, 0) is 6.54 Å². The second-order valence-corrected chi connectivity index (χ2v) is 6.07. The number of hydrogen-bond acceptors (Lipinski definition) is 3. The van der Waals surface area contributed by atoms with Crippen molar-refractivity contribution in [1.29, 1.82) is 0 Å². The van der Waals surface area contributed by atoms with Gasteiger partial charge in [-0.2, -0.15) is 0 Å². The van der Waals surface area contributed by atoms with Crippen molar-refractivity contribution in [3.8, 4) is 11.5 Å². The molecule has 0 spiro atoms. The number of rotatable bonds is 3. The maximum absolute atomic E-state index is 6.11. The summed E-state index contributed by atoms with van der Waals surface area (Å²) in [4.78, 5) is 4.50. The highest BCUT2D eigenvalue weighted by atomic mass is 35.5. The molecule has 1 N–H and O–H groups in total. The summed E-state index contributed by atoms with van der Waals surface area (Å²) in [6, 6.07) is 5.74. The predicted molar refractivity (Wildman–Crippen MR) is 78.3 cm³/mol. The van der Waals surface area contributed by atoms with E-state index < -0.39 is 0 Å². The largest absolute Gasteiger partial charge is 0.444 e. The molecule has 1 aromatic heterocycles. The highest BCUT2D eigenvalue weighted by molar-refractivity contribution is 6.31. The van der Waals surface area contributed by atoms with Gasteiger partial charge in [0.05, 0.1) is 5.69 Å². The second-order valence-electron chi connectivity index (χ2n) is 5.66. The van der Waals surface area contributed by atoms with Crippen molar-refractivity contribution in [3.05, 3.63) is 40.7 Å². The van der Waals surface area contributed by atoms with Gasteiger partial charge in [0.1, 0.15) is 6.26 Å². The molecule has 0 radical (unpaired) electrons. The Bertz CT molecular complexity index is 570. The lowest BCUT2D eigenvalue weighted by atomic mass is 10.1. The van der Waals surface area contributed by atoms with E-state index in [1.807, 2.05) is 25.1 Å². The van der Waals surface area contributed by atoms with Crippen molar-refractivity contribution in [2.75, 3.05) is 0 Å². The standard InChI is InChI=1S/C15H19ClN2O/c1-10-12(6-5-7-13(10)16)14-18-11(9-19-14)8-17-15(2,3)4/h5-7,9,17H,8H2,1-4H3. The minimum Gasteiger partial charge on any atom is -0.444 e. The fourth-order valence-electron chi connectivity index (χ4n) is 1.71. The lowest BCUT2D eigenvalue weighted by Gasteiger charge is -2.19. The van der Waals surface area contributed by atoms with E-state index in [9.17, 15) is 0 Å². The summed E-state index contributed by atoms with van der Waals surface area (Å²) in [6.45, 7) is 9.01. The van der Waals surface area contributed by atoms with Crippen molar-refractivity contribution in [1.82, 2.24) is 10.3 Å². The molecule has 0 atom stereocenters. The molecule has 0 saturated heterocycles. The fraction of sp³-hybridized carbons (Fsp3) is 0.400. The maximum Gasteiger partial charge on any atom is 0.226 e. The molecular formula is C15H19ClN2O. The van der Waals surface area contributed by atoms with Crippen LogP contribution < -0.4 is 5.32 Å². The Morgan fingerprint density at radius 1 is 1.32 bits per heavy atom. The molecule has 0 aliphatic carbocycles. The zero-order valence-electron chi connectivity index (χ0n) is 11.7. The molecule has 2 aromatic rings. The summed E-state index contributed by atoms with van der Waals surface area (Å²) >= 11 is 6.11. The van der Waals surface area contributed by atoms with Crippen LogP contribution in [0.1, 0.15) is 32.0 Å². The van der Waals surface area contributed by atoms with Crippen LogP contribution in [0.15, 0.2) is 28.9 Å². The molecule has 4 heteroatoms. The van der Waals surface area contributed by atoms with E-state index >= 15 is 0 Å². The highest BCUT2D eigenvalue weighted by Gasteiger charge is 2.13. The number of nitrogens with zero attached hydrogens (tertiary/aromatic N) is 1. The first-order valence-corrected chi connectivity index (χ1v) is 6.69. The predicted octanol–water partition coefficient (Wildman–Crippen LogP) is 4.19. The van der Waals surface area contributed by atoms with Gasteiger partial charge in [-0.1, -0.05) is 17.7 Å². The van der Waals surface area contributed by atoms with Gasteiger partial charge in [0.15, 0.2) is 0 Å². The smallest absolute Gasteiger partial charge is 0.226 e. The van der Waals surface area contributed by atoms with E-state index in [4.69, 9.17) is 16.0 Å². The van der Waals surface area contributed by atoms with Crippen LogP contribution in [0.5, 0.6) is 0 Å². The van der Waals surface area contributed by atoms with E-state index in [0.29, 0.717) is 12.4 Å².